The number of carbonyl (C=O) groups is 1. The number of piperidine rings is 1. The van der Waals surface area contributed by atoms with Gasteiger partial charge in [0.1, 0.15) is 10.7 Å². The Morgan fingerprint density at radius 3 is 2.61 bits per heavy atom. The van der Waals surface area contributed by atoms with Crippen molar-refractivity contribution in [2.24, 2.45) is 5.73 Å². The molecule has 23 heavy (non-hydrogen) atoms. The monoisotopic (exact) mass is 391 g/mol. The molecule has 2 N–H and O–H groups in total. The van der Waals surface area contributed by atoms with Gasteiger partial charge in [-0.25, -0.2) is 4.98 Å². The summed E-state index contributed by atoms with van der Waals surface area (Å²) in [5.74, 6) is -0.0329. The molecule has 2 heterocycles. The zero-order valence-electron chi connectivity index (χ0n) is 12.2. The van der Waals surface area contributed by atoms with Gasteiger partial charge in [0.25, 0.3) is 5.91 Å². The molecule has 1 aliphatic rings. The van der Waals surface area contributed by atoms with Crippen molar-refractivity contribution < 1.29 is 4.79 Å². The quantitative estimate of drug-likeness (QED) is 0.837. The number of halogens is 3. The third kappa shape index (κ3) is 4.17. The number of likely N-dealkylation sites (tertiary alicyclic amines) is 1. The Balaban J connectivity index is 0.00000192. The van der Waals surface area contributed by atoms with Crippen molar-refractivity contribution in [1.82, 2.24) is 9.88 Å². The molecule has 0 aliphatic carbocycles. The van der Waals surface area contributed by atoms with E-state index in [9.17, 15) is 4.79 Å². The van der Waals surface area contributed by atoms with Crippen LogP contribution in [0.4, 0.5) is 0 Å². The first-order valence-corrected chi connectivity index (χ1v) is 8.64. The number of nitrogens with zero attached hydrogens (tertiary/aromatic N) is 2. The first-order valence-electron chi connectivity index (χ1n) is 7.00. The highest BCUT2D eigenvalue weighted by atomic mass is 35.5. The van der Waals surface area contributed by atoms with Gasteiger partial charge in [0.05, 0.1) is 10.0 Å². The van der Waals surface area contributed by atoms with E-state index in [1.54, 1.807) is 17.5 Å². The number of carbonyl (C=O) groups excluding carboxylic acids is 1. The van der Waals surface area contributed by atoms with Crippen molar-refractivity contribution in [3.63, 3.8) is 0 Å². The van der Waals surface area contributed by atoms with Crippen LogP contribution in [0, 0.1) is 0 Å². The normalized spacial score (nSPS) is 15.3. The Morgan fingerprint density at radius 1 is 1.26 bits per heavy atom. The summed E-state index contributed by atoms with van der Waals surface area (Å²) in [5.41, 5.74) is 7.20. The van der Waals surface area contributed by atoms with Crippen LogP contribution in [0.3, 0.4) is 0 Å². The molecular weight excluding hydrogens is 377 g/mol. The van der Waals surface area contributed by atoms with Crippen molar-refractivity contribution in [2.45, 2.75) is 18.9 Å². The summed E-state index contributed by atoms with van der Waals surface area (Å²) in [7, 11) is 0. The molecule has 1 aromatic carbocycles. The lowest BCUT2D eigenvalue weighted by atomic mass is 10.1. The summed E-state index contributed by atoms with van der Waals surface area (Å²) < 4.78 is 0. The molecule has 1 aromatic heterocycles. The Morgan fingerprint density at radius 2 is 1.96 bits per heavy atom. The maximum atomic E-state index is 12.5. The van der Waals surface area contributed by atoms with Crippen LogP contribution in [0.15, 0.2) is 23.6 Å². The lowest BCUT2D eigenvalue weighted by Crippen LogP contribution is -2.42. The average molecular weight is 393 g/mol. The van der Waals surface area contributed by atoms with Gasteiger partial charge in [0, 0.05) is 30.1 Å². The van der Waals surface area contributed by atoms with Crippen molar-refractivity contribution in [3.8, 4) is 10.6 Å². The molecule has 0 spiro atoms. The zero-order chi connectivity index (χ0) is 15.7. The van der Waals surface area contributed by atoms with Gasteiger partial charge in [0.15, 0.2) is 0 Å². The fourth-order valence-corrected chi connectivity index (χ4v) is 3.49. The van der Waals surface area contributed by atoms with Gasteiger partial charge in [-0.2, -0.15) is 0 Å². The smallest absolute Gasteiger partial charge is 0.273 e. The molecule has 0 saturated carbocycles. The Hall–Kier alpha value is -0.850. The molecule has 1 aliphatic heterocycles. The number of rotatable bonds is 2. The van der Waals surface area contributed by atoms with Crippen LogP contribution in [0.5, 0.6) is 0 Å². The summed E-state index contributed by atoms with van der Waals surface area (Å²) in [6, 6.07) is 5.54. The molecule has 1 amide bonds. The average Bonchev–Trinajstić information content (AvgIpc) is 3.00. The van der Waals surface area contributed by atoms with E-state index in [1.165, 1.54) is 11.3 Å². The standard InChI is InChI=1S/C15H15Cl2N3OS.ClH/c16-11-2-1-9(7-12(11)17)14-19-13(8-22-14)15(21)20-5-3-10(18)4-6-20;/h1-2,7-8,10H,3-6,18H2;1H. The van der Waals surface area contributed by atoms with Gasteiger partial charge >= 0.3 is 0 Å². The number of hydrogen-bond acceptors (Lipinski definition) is 4. The van der Waals surface area contributed by atoms with Gasteiger partial charge in [0.2, 0.25) is 0 Å². The lowest BCUT2D eigenvalue weighted by molar-refractivity contribution is 0.0709. The zero-order valence-corrected chi connectivity index (χ0v) is 15.3. The molecule has 2 aromatic rings. The number of amides is 1. The predicted molar refractivity (Wildman–Crippen MR) is 97.9 cm³/mol. The van der Waals surface area contributed by atoms with E-state index in [0.717, 1.165) is 23.4 Å². The molecule has 0 bridgehead atoms. The second-order valence-electron chi connectivity index (χ2n) is 5.30. The summed E-state index contributed by atoms with van der Waals surface area (Å²) >= 11 is 13.4. The molecular formula is C15H16Cl3N3OS. The van der Waals surface area contributed by atoms with Gasteiger partial charge in [-0.05, 0) is 25.0 Å². The Labute approximate surface area is 155 Å². The van der Waals surface area contributed by atoms with Gasteiger partial charge in [-0.15, -0.1) is 23.7 Å². The number of aromatic nitrogens is 1. The largest absolute Gasteiger partial charge is 0.337 e. The minimum atomic E-state index is -0.0329. The SMILES string of the molecule is Cl.NC1CCN(C(=O)c2csc(-c3ccc(Cl)c(Cl)c3)n2)CC1. The number of nitrogens with two attached hydrogens (primary N) is 1. The van der Waals surface area contributed by atoms with Crippen LogP contribution < -0.4 is 5.73 Å². The molecule has 4 nitrogen and oxygen atoms in total. The highest BCUT2D eigenvalue weighted by molar-refractivity contribution is 7.13. The summed E-state index contributed by atoms with van der Waals surface area (Å²) in [6.45, 7) is 1.39. The van der Waals surface area contributed by atoms with Crippen LogP contribution >= 0.6 is 46.9 Å². The molecule has 3 rings (SSSR count). The minimum Gasteiger partial charge on any atom is -0.337 e. The third-order valence-electron chi connectivity index (χ3n) is 3.72. The molecule has 1 saturated heterocycles. The fraction of sp³-hybridized carbons (Fsp3) is 0.333. The molecule has 124 valence electrons. The van der Waals surface area contributed by atoms with Crippen LogP contribution in [-0.2, 0) is 0 Å². The predicted octanol–water partition coefficient (Wildman–Crippen LogP) is 4.10. The molecule has 0 radical (unpaired) electrons. The second-order valence-corrected chi connectivity index (χ2v) is 6.97. The Bertz CT molecular complexity index is 699. The van der Waals surface area contributed by atoms with E-state index in [2.05, 4.69) is 4.98 Å². The first kappa shape index (κ1) is 18.5. The van der Waals surface area contributed by atoms with E-state index in [0.29, 0.717) is 28.8 Å². The van der Waals surface area contributed by atoms with E-state index in [4.69, 9.17) is 28.9 Å². The summed E-state index contributed by atoms with van der Waals surface area (Å²) in [5, 5.41) is 3.53. The highest BCUT2D eigenvalue weighted by Crippen LogP contribution is 2.30. The van der Waals surface area contributed by atoms with Crippen LogP contribution in [0.25, 0.3) is 10.6 Å². The van der Waals surface area contributed by atoms with Crippen LogP contribution in [-0.4, -0.2) is 34.9 Å². The van der Waals surface area contributed by atoms with Crippen LogP contribution in [0.2, 0.25) is 10.0 Å². The molecule has 1 fully saturated rings. The van der Waals surface area contributed by atoms with Crippen molar-refractivity contribution in [1.29, 1.82) is 0 Å². The maximum absolute atomic E-state index is 12.5. The van der Waals surface area contributed by atoms with Crippen molar-refractivity contribution >= 4 is 52.9 Å². The molecule has 0 unspecified atom stereocenters. The first-order chi connectivity index (χ1) is 10.5. The minimum absolute atomic E-state index is 0. The van der Waals surface area contributed by atoms with E-state index < -0.39 is 0 Å². The van der Waals surface area contributed by atoms with Crippen LogP contribution in [0.1, 0.15) is 23.3 Å². The van der Waals surface area contributed by atoms with Gasteiger partial charge < -0.3 is 10.6 Å². The topological polar surface area (TPSA) is 59.2 Å². The van der Waals surface area contributed by atoms with E-state index in [-0.39, 0.29) is 24.4 Å². The summed E-state index contributed by atoms with van der Waals surface area (Å²) in [6.07, 6.45) is 1.69. The number of thiazole rings is 1. The second kappa shape index (κ2) is 7.81. The summed E-state index contributed by atoms with van der Waals surface area (Å²) in [4.78, 5) is 18.7. The van der Waals surface area contributed by atoms with Crippen molar-refractivity contribution in [3.05, 3.63) is 39.3 Å². The van der Waals surface area contributed by atoms with E-state index in [1.807, 2.05) is 11.0 Å². The third-order valence-corrected chi connectivity index (χ3v) is 5.35. The van der Waals surface area contributed by atoms with E-state index >= 15 is 0 Å². The van der Waals surface area contributed by atoms with Gasteiger partial charge in [-0.3, -0.25) is 4.79 Å². The Kier molecular flexibility index (Phi) is 6.28. The fourth-order valence-electron chi connectivity index (χ4n) is 2.40. The van der Waals surface area contributed by atoms with Gasteiger partial charge in [-0.1, -0.05) is 29.3 Å². The number of hydrogen-bond donors (Lipinski definition) is 1. The molecule has 0 atom stereocenters. The molecule has 8 heteroatoms. The lowest BCUT2D eigenvalue weighted by Gasteiger charge is -2.29. The maximum Gasteiger partial charge on any atom is 0.273 e. The van der Waals surface area contributed by atoms with Crippen molar-refractivity contribution in [2.75, 3.05) is 13.1 Å². The highest BCUT2D eigenvalue weighted by Gasteiger charge is 2.23. The number of benzene rings is 1.